The van der Waals surface area contributed by atoms with Crippen LogP contribution in [0.2, 0.25) is 0 Å². The second kappa shape index (κ2) is 0.965. The third kappa shape index (κ3) is 0.314. The molecule has 0 saturated carbocycles. The van der Waals surface area contributed by atoms with Gasteiger partial charge in [-0.15, -0.1) is 0 Å². The van der Waals surface area contributed by atoms with Crippen molar-refractivity contribution >= 4 is 12.4 Å². The maximum absolute atomic E-state index is 9.75. The zero-order valence-corrected chi connectivity index (χ0v) is 2.75. The van der Waals surface area contributed by atoms with E-state index in [-0.39, 0.29) is 0 Å². The number of hydrogen-bond donors (Lipinski definition) is 0. The summed E-state index contributed by atoms with van der Waals surface area (Å²) in [6, 6.07) is -0.574. The highest BCUT2D eigenvalue weighted by atomic mass is 16.2. The topological polar surface area (TPSA) is 54.1 Å². The standard InChI is InChI=1S/C2N3O/c6-2-3-1-4-5-2/q-1. The van der Waals surface area contributed by atoms with Crippen LogP contribution in [0.3, 0.4) is 0 Å². The van der Waals surface area contributed by atoms with Gasteiger partial charge in [-0.2, -0.15) is 0 Å². The van der Waals surface area contributed by atoms with Crippen LogP contribution in [-0.4, -0.2) is 12.4 Å². The van der Waals surface area contributed by atoms with E-state index in [0.29, 0.717) is 0 Å². The van der Waals surface area contributed by atoms with Gasteiger partial charge in [0.25, 0.3) is 0 Å². The summed E-state index contributed by atoms with van der Waals surface area (Å²) in [7, 11) is 0. The lowest BCUT2D eigenvalue weighted by Gasteiger charge is -1.74. The van der Waals surface area contributed by atoms with Crippen molar-refractivity contribution in [3.8, 4) is 0 Å². The fraction of sp³-hybridized carbons (Fsp3) is 0. The molecule has 2 amide bonds. The Morgan fingerprint density at radius 3 is 2.67 bits per heavy atom. The van der Waals surface area contributed by atoms with Crippen LogP contribution in [0.1, 0.15) is 0 Å². The highest BCUT2D eigenvalue weighted by Crippen LogP contribution is 1.87. The lowest BCUT2D eigenvalue weighted by Crippen LogP contribution is -1.70. The third-order valence-corrected chi connectivity index (χ3v) is 0.326. The van der Waals surface area contributed by atoms with E-state index in [1.807, 2.05) is 6.34 Å². The van der Waals surface area contributed by atoms with Gasteiger partial charge in [-0.1, -0.05) is 0 Å². The summed E-state index contributed by atoms with van der Waals surface area (Å²) >= 11 is 0. The zero-order chi connectivity index (χ0) is 4.41. The van der Waals surface area contributed by atoms with E-state index in [1.165, 1.54) is 0 Å². The molecular formula is C2N3O-. The molecule has 0 atom stereocenters. The van der Waals surface area contributed by atoms with Crippen molar-refractivity contribution in [2.45, 2.75) is 0 Å². The van der Waals surface area contributed by atoms with Crippen LogP contribution >= 0.6 is 0 Å². The number of carbonyl (C=O) groups is 1. The molecule has 0 spiro atoms. The molecule has 0 saturated heterocycles. The second-order valence-corrected chi connectivity index (χ2v) is 0.694. The van der Waals surface area contributed by atoms with Crippen LogP contribution in [-0.2, 0) is 0 Å². The normalized spacial score (nSPS) is 17.0. The Hall–Kier alpha value is -1.06. The summed E-state index contributed by atoms with van der Waals surface area (Å²) in [5, 5.41) is 5.97. The van der Waals surface area contributed by atoms with E-state index in [0.717, 1.165) is 0 Å². The van der Waals surface area contributed by atoms with Gasteiger partial charge in [0.15, 0.2) is 0 Å². The summed E-state index contributed by atoms with van der Waals surface area (Å²) < 4.78 is 0. The molecule has 0 aromatic heterocycles. The van der Waals surface area contributed by atoms with Crippen LogP contribution in [0.4, 0.5) is 4.79 Å². The molecule has 1 aliphatic heterocycles. The van der Waals surface area contributed by atoms with E-state index in [1.54, 1.807) is 0 Å². The van der Waals surface area contributed by atoms with E-state index in [9.17, 15) is 4.79 Å². The molecule has 4 nitrogen and oxygen atoms in total. The Morgan fingerprint density at radius 2 is 2.50 bits per heavy atom. The third-order valence-electron chi connectivity index (χ3n) is 0.326. The molecule has 0 N–H and O–H groups in total. The average Bonchev–Trinajstić information content (AvgIpc) is 1.86. The Morgan fingerprint density at radius 1 is 1.67 bits per heavy atom. The van der Waals surface area contributed by atoms with Gasteiger partial charge in [0.05, 0.1) is 0 Å². The molecule has 0 aliphatic carbocycles. The molecule has 0 unspecified atom stereocenters. The summed E-state index contributed by atoms with van der Waals surface area (Å²) in [5.74, 6) is 0. The van der Waals surface area contributed by atoms with E-state index in [2.05, 4.69) is 15.2 Å². The lowest BCUT2D eigenvalue weighted by molar-refractivity contribution is 0.257. The number of carbonyl (C=O) groups excluding carboxylic acids is 1. The van der Waals surface area contributed by atoms with Gasteiger partial charge in [-0.05, 0) is 6.34 Å². The van der Waals surface area contributed by atoms with Gasteiger partial charge in [0.2, 0.25) is 6.03 Å². The maximum atomic E-state index is 9.75. The SMILES string of the molecule is O=C1N=[C-]N=N1. The van der Waals surface area contributed by atoms with Crippen LogP contribution in [0.5, 0.6) is 0 Å². The van der Waals surface area contributed by atoms with Gasteiger partial charge >= 0.3 is 0 Å². The Labute approximate surface area is 33.6 Å². The lowest BCUT2D eigenvalue weighted by atomic mass is 11.1. The minimum atomic E-state index is -0.574. The van der Waals surface area contributed by atoms with Crippen LogP contribution in [0, 0.1) is 0 Å². The largest absolute Gasteiger partial charge is 0.377 e. The molecule has 1 heterocycles. The van der Waals surface area contributed by atoms with Gasteiger partial charge in [0.1, 0.15) is 0 Å². The van der Waals surface area contributed by atoms with Crippen molar-refractivity contribution in [2.75, 3.05) is 0 Å². The van der Waals surface area contributed by atoms with Gasteiger partial charge in [-0.25, -0.2) is 5.11 Å². The van der Waals surface area contributed by atoms with Gasteiger partial charge in [-0.3, -0.25) is 5.11 Å². The summed E-state index contributed by atoms with van der Waals surface area (Å²) in [4.78, 5) is 12.8. The van der Waals surface area contributed by atoms with E-state index < -0.39 is 6.03 Å². The Kier molecular flexibility index (Phi) is 0.506. The molecule has 0 radical (unpaired) electrons. The fourth-order valence-electron chi connectivity index (χ4n) is 0.153. The Balaban J connectivity index is 2.86. The number of amides is 2. The van der Waals surface area contributed by atoms with Crippen molar-refractivity contribution in [3.05, 3.63) is 0 Å². The number of nitrogens with zero attached hydrogens (tertiary/aromatic N) is 3. The minimum absolute atomic E-state index is 0.574. The predicted molar refractivity (Wildman–Crippen MR) is 17.7 cm³/mol. The average molecular weight is 82.0 g/mol. The van der Waals surface area contributed by atoms with Gasteiger partial charge < -0.3 is 9.79 Å². The summed E-state index contributed by atoms with van der Waals surface area (Å²) in [6.07, 6.45) is 2.01. The number of rotatable bonds is 0. The first kappa shape index (κ1) is 3.14. The molecule has 6 heavy (non-hydrogen) atoms. The number of urea groups is 1. The molecule has 1 rings (SSSR count). The van der Waals surface area contributed by atoms with Crippen LogP contribution in [0.15, 0.2) is 15.2 Å². The molecule has 30 valence electrons. The van der Waals surface area contributed by atoms with Crippen LogP contribution < -0.4 is 0 Å². The van der Waals surface area contributed by atoms with Crippen molar-refractivity contribution < 1.29 is 4.79 Å². The van der Waals surface area contributed by atoms with Crippen molar-refractivity contribution in [1.29, 1.82) is 0 Å². The first-order valence-electron chi connectivity index (χ1n) is 1.30. The molecule has 1 aliphatic rings. The molecule has 4 heteroatoms. The molecule has 0 fully saturated rings. The smallest absolute Gasteiger partial charge is 0.220 e. The van der Waals surface area contributed by atoms with Crippen LogP contribution in [0.25, 0.3) is 0 Å². The predicted octanol–water partition coefficient (Wildman–Crippen LogP) is 0.478. The number of azo groups is 1. The quantitative estimate of drug-likeness (QED) is 0.392. The van der Waals surface area contributed by atoms with Crippen molar-refractivity contribution in [3.63, 3.8) is 0 Å². The van der Waals surface area contributed by atoms with E-state index >= 15 is 0 Å². The first-order chi connectivity index (χ1) is 2.89. The van der Waals surface area contributed by atoms with E-state index in [4.69, 9.17) is 0 Å². The fourth-order valence-corrected chi connectivity index (χ4v) is 0.153. The van der Waals surface area contributed by atoms with Crippen molar-refractivity contribution in [1.82, 2.24) is 0 Å². The Bertz CT molecular complexity index is 111. The highest BCUT2D eigenvalue weighted by Gasteiger charge is 1.78. The minimum Gasteiger partial charge on any atom is -0.377 e. The monoisotopic (exact) mass is 82.0 g/mol. The molecule has 0 bridgehead atoms. The summed E-state index contributed by atoms with van der Waals surface area (Å²) in [6.45, 7) is 0. The molecule has 0 aromatic carbocycles. The first-order valence-corrected chi connectivity index (χ1v) is 1.30. The van der Waals surface area contributed by atoms with Gasteiger partial charge in [0, 0.05) is 0 Å². The maximum Gasteiger partial charge on any atom is 0.220 e. The zero-order valence-electron chi connectivity index (χ0n) is 2.75. The molecular weight excluding hydrogens is 82.0 g/mol. The van der Waals surface area contributed by atoms with Crippen molar-refractivity contribution in [2.24, 2.45) is 15.2 Å². The molecule has 0 aromatic rings. The highest BCUT2D eigenvalue weighted by molar-refractivity contribution is 5.87. The number of aliphatic imine (C=N–C) groups is 1. The summed E-state index contributed by atoms with van der Waals surface area (Å²) in [5.41, 5.74) is 0. The number of hydrogen-bond acceptors (Lipinski definition) is 2. The second-order valence-electron chi connectivity index (χ2n) is 0.694.